The van der Waals surface area contributed by atoms with Crippen molar-refractivity contribution in [2.45, 2.75) is 62.4 Å². The van der Waals surface area contributed by atoms with Crippen LogP contribution in [-0.2, 0) is 47.2 Å². The van der Waals surface area contributed by atoms with Crippen molar-refractivity contribution >= 4 is 65.4 Å². The van der Waals surface area contributed by atoms with Crippen molar-refractivity contribution < 1.29 is 47.1 Å². The van der Waals surface area contributed by atoms with E-state index < -0.39 is 32.0 Å². The quantitative estimate of drug-likeness (QED) is 0.115. The second kappa shape index (κ2) is 19.3. The van der Waals surface area contributed by atoms with Crippen molar-refractivity contribution in [2.24, 2.45) is 11.8 Å². The second-order valence-electron chi connectivity index (χ2n) is 15.8. The van der Waals surface area contributed by atoms with Crippen molar-refractivity contribution in [1.82, 2.24) is 28.2 Å². The summed E-state index contributed by atoms with van der Waals surface area (Å²) in [5.74, 6) is -0.200. The average molecular weight is 937 g/mol. The van der Waals surface area contributed by atoms with Gasteiger partial charge in [-0.3, -0.25) is 19.0 Å². The number of para-hydroxylation sites is 1. The number of methoxy groups -OCH3 is 1. The molecule has 0 aliphatic carbocycles. The van der Waals surface area contributed by atoms with Crippen LogP contribution in [0.25, 0.3) is 21.8 Å². The lowest BCUT2D eigenvalue weighted by Gasteiger charge is -2.18. The Morgan fingerprint density at radius 2 is 1.20 bits per heavy atom. The van der Waals surface area contributed by atoms with Gasteiger partial charge in [0.05, 0.1) is 78.8 Å². The molecule has 2 aliphatic heterocycles. The van der Waals surface area contributed by atoms with Gasteiger partial charge in [-0.05, 0) is 98.5 Å². The van der Waals surface area contributed by atoms with E-state index in [4.69, 9.17) is 32.3 Å². The normalized spacial score (nSPS) is 19.6. The molecule has 2 aromatic heterocycles. The number of rotatable bonds is 14. The summed E-state index contributed by atoms with van der Waals surface area (Å²) in [7, 11) is -6.05. The lowest BCUT2D eigenvalue weighted by Crippen LogP contribution is -2.29. The highest BCUT2D eigenvalue weighted by Gasteiger charge is 2.41. The number of aliphatic carboxylic acids is 1. The molecule has 0 radical (unpaired) electrons. The molecule has 0 spiro atoms. The Kier molecular flexibility index (Phi) is 13.6. The molecule has 0 unspecified atom stereocenters. The van der Waals surface area contributed by atoms with Crippen molar-refractivity contribution in [3.63, 3.8) is 0 Å². The SMILES string of the molecule is CCOc1ccc(S(=O)(=O)N2C[C@@H](C)[C@@H](n3nc(CC(=O)OC)c4cc(Cl)ccc43)C2)cc1.[2H]c1ccc2c(c1)c(CC(=O)O)nn2[C@H]1CN(S(=O)(=O)c2ccc(OCC)cc2)C[C@H]1C. The summed E-state index contributed by atoms with van der Waals surface area (Å²) in [4.78, 5) is 23.6. The van der Waals surface area contributed by atoms with Crippen LogP contribution in [0, 0.1) is 11.8 Å². The summed E-state index contributed by atoms with van der Waals surface area (Å²) >= 11 is 6.19. The number of hydrogen-bond acceptors (Lipinski definition) is 11. The Morgan fingerprint density at radius 3 is 1.67 bits per heavy atom. The van der Waals surface area contributed by atoms with E-state index in [0.717, 1.165) is 10.9 Å². The third kappa shape index (κ3) is 9.61. The fraction of sp³-hybridized carbons (Fsp3) is 0.378. The number of carboxylic acid groups (broad SMARTS) is 1. The number of nitrogens with zero attached hydrogens (tertiary/aromatic N) is 6. The van der Waals surface area contributed by atoms with Gasteiger partial charge in [0.1, 0.15) is 11.5 Å². The third-order valence-corrected chi connectivity index (χ3v) is 15.4. The van der Waals surface area contributed by atoms with Crippen LogP contribution in [0.5, 0.6) is 11.5 Å². The Labute approximate surface area is 378 Å². The smallest absolute Gasteiger partial charge is 0.311 e. The topological polar surface area (TPSA) is 192 Å². The molecule has 6 aromatic rings. The summed E-state index contributed by atoms with van der Waals surface area (Å²) in [5, 5.41) is 20.4. The monoisotopic (exact) mass is 935 g/mol. The van der Waals surface area contributed by atoms with E-state index in [9.17, 15) is 31.5 Å². The minimum atomic E-state index is -3.70. The predicted molar refractivity (Wildman–Crippen MR) is 241 cm³/mol. The number of hydrogen-bond donors (Lipinski definition) is 1. The summed E-state index contributed by atoms with van der Waals surface area (Å²) < 4.78 is 83.1. The first-order valence-electron chi connectivity index (χ1n) is 21.3. The number of carboxylic acids is 1. The summed E-state index contributed by atoms with van der Waals surface area (Å²) in [5.41, 5.74) is 2.44. The Balaban J connectivity index is 0.000000194. The molecule has 4 heterocycles. The molecular formula is C45H51ClN6O10S2. The van der Waals surface area contributed by atoms with Gasteiger partial charge in [0.25, 0.3) is 0 Å². The second-order valence-corrected chi connectivity index (χ2v) is 20.1. The van der Waals surface area contributed by atoms with Crippen LogP contribution in [-0.4, -0.2) is 109 Å². The first-order chi connectivity index (χ1) is 30.9. The predicted octanol–water partition coefficient (Wildman–Crippen LogP) is 6.63. The molecule has 64 heavy (non-hydrogen) atoms. The van der Waals surface area contributed by atoms with Gasteiger partial charge in [-0.1, -0.05) is 43.6 Å². The van der Waals surface area contributed by atoms with E-state index >= 15 is 0 Å². The van der Waals surface area contributed by atoms with Crippen LogP contribution in [0.1, 0.15) is 52.5 Å². The number of benzene rings is 4. The van der Waals surface area contributed by atoms with Gasteiger partial charge in [-0.15, -0.1) is 0 Å². The van der Waals surface area contributed by atoms with Crippen molar-refractivity contribution in [2.75, 3.05) is 46.5 Å². The molecular weight excluding hydrogens is 884 g/mol. The number of carbonyl (C=O) groups is 2. The minimum Gasteiger partial charge on any atom is -0.494 e. The molecule has 19 heteroatoms. The minimum absolute atomic E-state index is 0.00669. The van der Waals surface area contributed by atoms with Gasteiger partial charge in [-0.25, -0.2) is 16.8 Å². The highest BCUT2D eigenvalue weighted by atomic mass is 35.5. The molecule has 1 N–H and O–H groups in total. The zero-order valence-electron chi connectivity index (χ0n) is 37.0. The first kappa shape index (κ1) is 45.1. The van der Waals surface area contributed by atoms with E-state index in [1.54, 1.807) is 83.5 Å². The summed E-state index contributed by atoms with van der Waals surface area (Å²) in [6.45, 7) is 9.90. The molecule has 8 rings (SSSR count). The molecule has 16 nitrogen and oxygen atoms in total. The first-order valence-corrected chi connectivity index (χ1v) is 24.1. The number of aromatic nitrogens is 4. The standard InChI is InChI=1S/C23H26ClN3O5S.C22H25N3O5S/c1-4-32-17-6-8-18(9-7-17)33(29,30)26-13-15(2)22(14-26)27-21-10-5-16(24)11-19(21)20(25-27)12-23(28)31-3;1-3-30-16-8-10-17(11-9-16)31(28,29)24-13-15(2)21(14-24)25-20-7-5-4-6-18(20)19(23-25)12-22(26)27/h5-11,15,22H,4,12-14H2,1-3H3;4-11,15,21H,3,12-14H2,1-2H3,(H,26,27)/t15-,22+;15-,21+/m11/s1/i;4D. The number of fused-ring (bicyclic) bond motifs is 2. The maximum Gasteiger partial charge on any atom is 0.311 e. The van der Waals surface area contributed by atoms with Crippen molar-refractivity contribution in [3.05, 3.63) is 107 Å². The number of esters is 1. The molecule has 0 saturated carbocycles. The molecule has 0 bridgehead atoms. The third-order valence-electron chi connectivity index (χ3n) is 11.5. The number of sulfonamides is 2. The van der Waals surface area contributed by atoms with Crippen molar-refractivity contribution in [1.29, 1.82) is 0 Å². The van der Waals surface area contributed by atoms with Gasteiger partial charge in [0, 0.05) is 42.0 Å². The Hall–Kier alpha value is -5.53. The number of ether oxygens (including phenoxy) is 3. The van der Waals surface area contributed by atoms with Crippen LogP contribution in [0.3, 0.4) is 0 Å². The van der Waals surface area contributed by atoms with Crippen LogP contribution in [0.2, 0.25) is 5.02 Å². The Morgan fingerprint density at radius 1 is 0.719 bits per heavy atom. The van der Waals surface area contributed by atoms with E-state index in [1.807, 2.05) is 38.4 Å². The lowest BCUT2D eigenvalue weighted by molar-refractivity contribution is -0.140. The van der Waals surface area contributed by atoms with Gasteiger partial charge in [-0.2, -0.15) is 18.8 Å². The van der Waals surface area contributed by atoms with E-state index in [2.05, 4.69) is 5.10 Å². The molecule has 2 fully saturated rings. The van der Waals surface area contributed by atoms with Crippen LogP contribution in [0.15, 0.2) is 101 Å². The fourth-order valence-corrected chi connectivity index (χ4v) is 11.6. The largest absolute Gasteiger partial charge is 0.494 e. The van der Waals surface area contributed by atoms with Gasteiger partial charge < -0.3 is 19.3 Å². The molecule has 4 atom stereocenters. The zero-order valence-corrected chi connectivity index (χ0v) is 38.4. The molecule has 2 aliphatic rings. The van der Waals surface area contributed by atoms with Gasteiger partial charge >= 0.3 is 11.9 Å². The van der Waals surface area contributed by atoms with E-state index in [0.29, 0.717) is 65.1 Å². The maximum absolute atomic E-state index is 13.3. The highest BCUT2D eigenvalue weighted by Crippen LogP contribution is 2.37. The van der Waals surface area contributed by atoms with Crippen molar-refractivity contribution in [3.8, 4) is 11.5 Å². The zero-order chi connectivity index (χ0) is 46.8. The van der Waals surface area contributed by atoms with Crippen LogP contribution < -0.4 is 9.47 Å². The van der Waals surface area contributed by atoms with Crippen LogP contribution >= 0.6 is 11.6 Å². The summed E-state index contributed by atoms with van der Waals surface area (Å²) in [6.07, 6.45) is -0.252. The van der Waals surface area contributed by atoms with Gasteiger partial charge in [0.15, 0.2) is 0 Å². The Bertz CT molecular complexity index is 2930. The molecule has 2 saturated heterocycles. The average Bonchev–Trinajstić information content (AvgIpc) is 4.04. The molecule has 0 amide bonds. The fourth-order valence-electron chi connectivity index (χ4n) is 8.28. The van der Waals surface area contributed by atoms with E-state index in [1.165, 1.54) is 15.7 Å². The summed E-state index contributed by atoms with van der Waals surface area (Å²) in [6, 6.07) is 23.0. The van der Waals surface area contributed by atoms with E-state index in [-0.39, 0.29) is 65.7 Å². The maximum atomic E-state index is 13.3. The van der Waals surface area contributed by atoms with Crippen LogP contribution in [0.4, 0.5) is 0 Å². The lowest BCUT2D eigenvalue weighted by atomic mass is 10.1. The number of halogens is 1. The van der Waals surface area contributed by atoms with Gasteiger partial charge in [0.2, 0.25) is 20.0 Å². The number of carbonyl (C=O) groups excluding carboxylic acids is 1. The molecule has 340 valence electrons. The molecule has 4 aromatic carbocycles. The highest BCUT2D eigenvalue weighted by molar-refractivity contribution is 7.89.